The zero-order valence-electron chi connectivity index (χ0n) is 15.3. The van der Waals surface area contributed by atoms with Gasteiger partial charge in [0.15, 0.2) is 0 Å². The van der Waals surface area contributed by atoms with Gasteiger partial charge in [0.25, 0.3) is 5.91 Å². The number of aromatic nitrogens is 2. The van der Waals surface area contributed by atoms with Crippen LogP contribution in [0.15, 0.2) is 54.9 Å². The van der Waals surface area contributed by atoms with E-state index in [1.165, 1.54) is 5.56 Å². The number of nitrogens with zero attached hydrogens (tertiary/aromatic N) is 3. The largest absolute Gasteiger partial charge is 0.494 e. The molecule has 2 heterocycles. The second-order valence-electron chi connectivity index (χ2n) is 6.53. The van der Waals surface area contributed by atoms with Crippen molar-refractivity contribution in [2.75, 3.05) is 23.9 Å². The monoisotopic (exact) mass is 360 g/mol. The predicted octanol–water partition coefficient (Wildman–Crippen LogP) is 3.85. The molecule has 0 aliphatic carbocycles. The Labute approximate surface area is 157 Å². The van der Waals surface area contributed by atoms with E-state index >= 15 is 0 Å². The van der Waals surface area contributed by atoms with E-state index in [9.17, 15) is 4.79 Å². The number of methoxy groups -OCH3 is 1. The number of nitrogens with one attached hydrogen (secondary N) is 1. The van der Waals surface area contributed by atoms with Gasteiger partial charge in [0.1, 0.15) is 17.9 Å². The SMILES string of the molecule is C=C(C)C(=O)Nc1cc2c(N3CCc4ccccc43)ncnc2cc1OC. The van der Waals surface area contributed by atoms with Gasteiger partial charge in [0.05, 0.1) is 18.3 Å². The lowest BCUT2D eigenvalue weighted by Crippen LogP contribution is -2.16. The number of benzene rings is 2. The van der Waals surface area contributed by atoms with Crippen LogP contribution in [-0.4, -0.2) is 29.5 Å². The molecule has 0 atom stereocenters. The second kappa shape index (κ2) is 6.72. The van der Waals surface area contributed by atoms with Crippen molar-refractivity contribution in [2.24, 2.45) is 0 Å². The van der Waals surface area contributed by atoms with Gasteiger partial charge in [-0.15, -0.1) is 0 Å². The fourth-order valence-corrected chi connectivity index (χ4v) is 3.34. The highest BCUT2D eigenvalue weighted by Gasteiger charge is 2.23. The van der Waals surface area contributed by atoms with Crippen LogP contribution in [0.4, 0.5) is 17.2 Å². The zero-order chi connectivity index (χ0) is 19.0. The summed E-state index contributed by atoms with van der Waals surface area (Å²) in [5, 5.41) is 3.71. The minimum Gasteiger partial charge on any atom is -0.494 e. The van der Waals surface area contributed by atoms with E-state index in [-0.39, 0.29) is 5.91 Å². The molecule has 4 rings (SSSR count). The third-order valence-electron chi connectivity index (χ3n) is 4.71. The number of anilines is 3. The summed E-state index contributed by atoms with van der Waals surface area (Å²) in [6.07, 6.45) is 2.53. The van der Waals surface area contributed by atoms with Crippen molar-refractivity contribution in [2.45, 2.75) is 13.3 Å². The van der Waals surface area contributed by atoms with Crippen molar-refractivity contribution >= 4 is 34.0 Å². The Morgan fingerprint density at radius 2 is 2.07 bits per heavy atom. The number of carbonyl (C=O) groups is 1. The topological polar surface area (TPSA) is 67.4 Å². The Hall–Kier alpha value is -3.41. The molecule has 0 unspecified atom stereocenters. The molecule has 0 fully saturated rings. The molecule has 0 radical (unpaired) electrons. The number of rotatable bonds is 4. The molecule has 2 aromatic carbocycles. The average Bonchev–Trinajstić information content (AvgIpc) is 3.10. The lowest BCUT2D eigenvalue weighted by Gasteiger charge is -2.20. The van der Waals surface area contributed by atoms with Gasteiger partial charge in [0, 0.05) is 29.3 Å². The molecule has 1 amide bonds. The average molecular weight is 360 g/mol. The number of amides is 1. The van der Waals surface area contributed by atoms with Crippen LogP contribution in [0, 0.1) is 0 Å². The highest BCUT2D eigenvalue weighted by molar-refractivity contribution is 6.06. The van der Waals surface area contributed by atoms with Gasteiger partial charge in [-0.05, 0) is 31.0 Å². The Morgan fingerprint density at radius 1 is 1.26 bits per heavy atom. The summed E-state index contributed by atoms with van der Waals surface area (Å²) in [7, 11) is 1.57. The molecule has 1 aliphatic heterocycles. The Bertz CT molecular complexity index is 1060. The second-order valence-corrected chi connectivity index (χ2v) is 6.53. The molecule has 1 aliphatic rings. The van der Waals surface area contributed by atoms with E-state index in [0.717, 1.165) is 35.4 Å². The molecule has 0 bridgehead atoms. The standard InChI is InChI=1S/C21H20N4O2/c1-13(2)21(26)24-17-10-15-16(11-19(17)27-3)22-12-23-20(15)25-9-8-14-6-4-5-7-18(14)25/h4-7,10-12H,1,8-9H2,2-3H3,(H,24,26). The minimum absolute atomic E-state index is 0.252. The quantitative estimate of drug-likeness (QED) is 0.716. The van der Waals surface area contributed by atoms with Crippen LogP contribution in [-0.2, 0) is 11.2 Å². The van der Waals surface area contributed by atoms with Crippen LogP contribution in [0.2, 0.25) is 0 Å². The van der Waals surface area contributed by atoms with Crippen LogP contribution >= 0.6 is 0 Å². The molecule has 27 heavy (non-hydrogen) atoms. The Kier molecular flexibility index (Phi) is 4.24. The predicted molar refractivity (Wildman–Crippen MR) is 107 cm³/mol. The first kappa shape index (κ1) is 17.0. The van der Waals surface area contributed by atoms with Gasteiger partial charge in [-0.25, -0.2) is 9.97 Å². The van der Waals surface area contributed by atoms with E-state index < -0.39 is 0 Å². The molecule has 136 valence electrons. The summed E-state index contributed by atoms with van der Waals surface area (Å²) < 4.78 is 5.44. The summed E-state index contributed by atoms with van der Waals surface area (Å²) in [6.45, 7) is 6.21. The van der Waals surface area contributed by atoms with Crippen LogP contribution < -0.4 is 15.0 Å². The third kappa shape index (κ3) is 2.99. The molecule has 3 aromatic rings. The van der Waals surface area contributed by atoms with Crippen molar-refractivity contribution in [1.82, 2.24) is 9.97 Å². The Morgan fingerprint density at radius 3 is 2.85 bits per heavy atom. The van der Waals surface area contributed by atoms with Crippen LogP contribution in [0.5, 0.6) is 5.75 Å². The van der Waals surface area contributed by atoms with E-state index in [2.05, 4.69) is 45.0 Å². The smallest absolute Gasteiger partial charge is 0.250 e. The van der Waals surface area contributed by atoms with Crippen LogP contribution in [0.1, 0.15) is 12.5 Å². The van der Waals surface area contributed by atoms with E-state index in [4.69, 9.17) is 4.74 Å². The highest BCUT2D eigenvalue weighted by atomic mass is 16.5. The number of hydrogen-bond donors (Lipinski definition) is 1. The summed E-state index contributed by atoms with van der Waals surface area (Å²) >= 11 is 0. The van der Waals surface area contributed by atoms with Gasteiger partial charge >= 0.3 is 0 Å². The fraction of sp³-hybridized carbons (Fsp3) is 0.190. The van der Waals surface area contributed by atoms with Gasteiger partial charge in [-0.1, -0.05) is 24.8 Å². The van der Waals surface area contributed by atoms with Crippen molar-refractivity contribution in [3.8, 4) is 5.75 Å². The number of fused-ring (bicyclic) bond motifs is 2. The van der Waals surface area contributed by atoms with Crippen LogP contribution in [0.3, 0.4) is 0 Å². The first-order valence-electron chi connectivity index (χ1n) is 8.73. The summed E-state index contributed by atoms with van der Waals surface area (Å²) in [5.41, 5.74) is 4.21. The molecule has 1 aromatic heterocycles. The van der Waals surface area contributed by atoms with Crippen LogP contribution in [0.25, 0.3) is 10.9 Å². The summed E-state index contributed by atoms with van der Waals surface area (Å²) in [4.78, 5) is 23.2. The summed E-state index contributed by atoms with van der Waals surface area (Å²) in [6, 6.07) is 12.0. The van der Waals surface area contributed by atoms with E-state index in [1.54, 1.807) is 20.4 Å². The number of hydrogen-bond acceptors (Lipinski definition) is 5. The molecule has 1 N–H and O–H groups in total. The summed E-state index contributed by atoms with van der Waals surface area (Å²) in [5.74, 6) is 1.11. The third-order valence-corrected chi connectivity index (χ3v) is 4.71. The maximum Gasteiger partial charge on any atom is 0.250 e. The van der Waals surface area contributed by atoms with Gasteiger partial charge in [-0.3, -0.25) is 4.79 Å². The lowest BCUT2D eigenvalue weighted by atomic mass is 10.1. The van der Waals surface area contributed by atoms with Crippen molar-refractivity contribution in [1.29, 1.82) is 0 Å². The number of para-hydroxylation sites is 1. The van der Waals surface area contributed by atoms with Crippen molar-refractivity contribution in [3.63, 3.8) is 0 Å². The molecular weight excluding hydrogens is 340 g/mol. The first-order chi connectivity index (χ1) is 13.1. The molecule has 0 saturated heterocycles. The van der Waals surface area contributed by atoms with Crippen molar-refractivity contribution in [3.05, 3.63) is 60.4 Å². The molecule has 0 saturated carbocycles. The molecule has 6 heteroatoms. The molecular formula is C21H20N4O2. The minimum atomic E-state index is -0.252. The number of ether oxygens (including phenoxy) is 1. The highest BCUT2D eigenvalue weighted by Crippen LogP contribution is 2.39. The van der Waals surface area contributed by atoms with Gasteiger partial charge in [-0.2, -0.15) is 0 Å². The molecule has 6 nitrogen and oxygen atoms in total. The first-order valence-corrected chi connectivity index (χ1v) is 8.73. The normalized spacial score (nSPS) is 12.7. The fourth-order valence-electron chi connectivity index (χ4n) is 3.34. The maximum atomic E-state index is 12.1. The van der Waals surface area contributed by atoms with E-state index in [0.29, 0.717) is 17.0 Å². The maximum absolute atomic E-state index is 12.1. The van der Waals surface area contributed by atoms with Crippen molar-refractivity contribution < 1.29 is 9.53 Å². The van der Waals surface area contributed by atoms with Gasteiger partial charge < -0.3 is 15.0 Å². The zero-order valence-corrected chi connectivity index (χ0v) is 15.3. The van der Waals surface area contributed by atoms with E-state index in [1.807, 2.05) is 18.2 Å². The Balaban J connectivity index is 1.85. The van der Waals surface area contributed by atoms with Gasteiger partial charge in [0.2, 0.25) is 0 Å². The number of carbonyl (C=O) groups excluding carboxylic acids is 1. The lowest BCUT2D eigenvalue weighted by molar-refractivity contribution is -0.112. The molecule has 0 spiro atoms.